The van der Waals surface area contributed by atoms with E-state index in [1.807, 2.05) is 31.2 Å². The van der Waals surface area contributed by atoms with E-state index in [9.17, 15) is 4.79 Å². The topological polar surface area (TPSA) is 90.1 Å². The molecule has 0 spiro atoms. The second kappa shape index (κ2) is 5.94. The highest BCUT2D eigenvalue weighted by Crippen LogP contribution is 2.27. The van der Waals surface area contributed by atoms with Crippen molar-refractivity contribution < 1.29 is 14.6 Å². The third-order valence-corrected chi connectivity index (χ3v) is 2.50. The molecule has 100 valence electrons. The van der Waals surface area contributed by atoms with Gasteiger partial charge in [0.25, 0.3) is 0 Å². The van der Waals surface area contributed by atoms with Gasteiger partial charge in [0.05, 0.1) is 25.1 Å². The summed E-state index contributed by atoms with van der Waals surface area (Å²) in [5, 5.41) is 20.0. The fraction of sp³-hybridized carbons (Fsp3) is 0.333. The smallest absolute Gasteiger partial charge is 0.305 e. The van der Waals surface area contributed by atoms with Gasteiger partial charge < -0.3 is 9.84 Å². The Hall–Kier alpha value is -2.44. The van der Waals surface area contributed by atoms with Crippen LogP contribution < -0.4 is 4.74 Å². The highest BCUT2D eigenvalue weighted by atomic mass is 16.5. The molecule has 0 amide bonds. The molecule has 2 rings (SSSR count). The van der Waals surface area contributed by atoms with Crippen molar-refractivity contribution in [1.82, 2.24) is 20.2 Å². The van der Waals surface area contributed by atoms with Crippen LogP contribution in [0.2, 0.25) is 0 Å². The summed E-state index contributed by atoms with van der Waals surface area (Å²) in [6.07, 6.45) is -0.0329. The Kier molecular flexibility index (Phi) is 4.07. The van der Waals surface area contributed by atoms with Crippen LogP contribution in [0.5, 0.6) is 5.75 Å². The number of carboxylic acid groups (broad SMARTS) is 1. The second-order valence-corrected chi connectivity index (χ2v) is 3.80. The number of ether oxygens (including phenoxy) is 1. The molecule has 0 saturated carbocycles. The third kappa shape index (κ3) is 3.06. The summed E-state index contributed by atoms with van der Waals surface area (Å²) in [7, 11) is 0. The Bertz CT molecular complexity index is 568. The number of rotatable bonds is 6. The van der Waals surface area contributed by atoms with Crippen molar-refractivity contribution in [2.75, 3.05) is 6.61 Å². The van der Waals surface area contributed by atoms with Crippen molar-refractivity contribution in [2.24, 2.45) is 0 Å². The summed E-state index contributed by atoms with van der Waals surface area (Å²) in [5.74, 6) is 0.293. The molecule has 7 heteroatoms. The molecular weight excluding hydrogens is 248 g/mol. The predicted molar refractivity (Wildman–Crippen MR) is 66.7 cm³/mol. The molecule has 1 N–H and O–H groups in total. The fourth-order valence-electron chi connectivity index (χ4n) is 1.68. The van der Waals surface area contributed by atoms with E-state index in [2.05, 4.69) is 15.5 Å². The lowest BCUT2D eigenvalue weighted by Gasteiger charge is -2.09. The van der Waals surface area contributed by atoms with Gasteiger partial charge in [-0.2, -0.15) is 0 Å². The molecule has 0 unspecified atom stereocenters. The number of benzene rings is 1. The van der Waals surface area contributed by atoms with Crippen LogP contribution in [0, 0.1) is 0 Å². The Morgan fingerprint density at radius 1 is 1.42 bits per heavy atom. The molecule has 0 aliphatic heterocycles. The number of hydrogen-bond acceptors (Lipinski definition) is 5. The zero-order chi connectivity index (χ0) is 13.7. The van der Waals surface area contributed by atoms with Gasteiger partial charge in [0, 0.05) is 0 Å². The van der Waals surface area contributed by atoms with Crippen molar-refractivity contribution in [3.63, 3.8) is 0 Å². The lowest BCUT2D eigenvalue weighted by molar-refractivity contribution is -0.137. The highest BCUT2D eigenvalue weighted by Gasteiger charge is 2.14. The van der Waals surface area contributed by atoms with E-state index in [4.69, 9.17) is 9.84 Å². The maximum Gasteiger partial charge on any atom is 0.305 e. The van der Waals surface area contributed by atoms with Gasteiger partial charge in [-0.05, 0) is 29.5 Å². The summed E-state index contributed by atoms with van der Waals surface area (Å²) < 4.78 is 6.98. The Morgan fingerprint density at radius 3 is 2.95 bits per heavy atom. The molecule has 0 aliphatic carbocycles. The molecule has 0 saturated heterocycles. The average Bonchev–Trinajstić information content (AvgIpc) is 2.85. The first-order valence-corrected chi connectivity index (χ1v) is 5.92. The number of aromatic nitrogens is 4. The standard InChI is InChI=1S/C12H14N4O3/c1-2-19-10-6-4-3-5-9(10)12-13-14-15-16(12)8-7-11(17)18/h3-6H,2,7-8H2,1H3,(H,17,18). The van der Waals surface area contributed by atoms with E-state index < -0.39 is 5.97 Å². The van der Waals surface area contributed by atoms with Gasteiger partial charge >= 0.3 is 5.97 Å². The van der Waals surface area contributed by atoms with Gasteiger partial charge in [-0.3, -0.25) is 4.79 Å². The molecule has 2 aromatic rings. The van der Waals surface area contributed by atoms with E-state index >= 15 is 0 Å². The van der Waals surface area contributed by atoms with Crippen LogP contribution in [-0.4, -0.2) is 37.9 Å². The molecule has 0 radical (unpaired) electrons. The molecule has 0 fully saturated rings. The number of tetrazole rings is 1. The van der Waals surface area contributed by atoms with Crippen molar-refractivity contribution in [1.29, 1.82) is 0 Å². The zero-order valence-electron chi connectivity index (χ0n) is 10.5. The largest absolute Gasteiger partial charge is 0.493 e. The minimum atomic E-state index is -0.889. The van der Waals surface area contributed by atoms with E-state index in [1.54, 1.807) is 0 Å². The van der Waals surface area contributed by atoms with Crippen LogP contribution in [0.15, 0.2) is 24.3 Å². The van der Waals surface area contributed by atoms with Crippen molar-refractivity contribution in [3.8, 4) is 17.1 Å². The first kappa shape index (κ1) is 13.0. The van der Waals surface area contributed by atoms with Gasteiger partial charge in [-0.25, -0.2) is 4.68 Å². The van der Waals surface area contributed by atoms with Gasteiger partial charge in [0.15, 0.2) is 5.82 Å². The number of carboxylic acids is 1. The van der Waals surface area contributed by atoms with Gasteiger partial charge in [-0.1, -0.05) is 12.1 Å². The molecule has 1 aromatic carbocycles. The van der Waals surface area contributed by atoms with E-state index in [1.165, 1.54) is 4.68 Å². The zero-order valence-corrected chi connectivity index (χ0v) is 10.5. The first-order valence-electron chi connectivity index (χ1n) is 5.92. The summed E-state index contributed by atoms with van der Waals surface area (Å²) in [6, 6.07) is 7.39. The molecular formula is C12H14N4O3. The number of aryl methyl sites for hydroxylation is 1. The van der Waals surface area contributed by atoms with Gasteiger partial charge in [-0.15, -0.1) is 5.10 Å². The maximum atomic E-state index is 10.6. The van der Waals surface area contributed by atoms with Crippen LogP contribution in [0.3, 0.4) is 0 Å². The quantitative estimate of drug-likeness (QED) is 0.841. The number of hydrogen-bond donors (Lipinski definition) is 1. The monoisotopic (exact) mass is 262 g/mol. The lowest BCUT2D eigenvalue weighted by Crippen LogP contribution is -2.08. The number of aliphatic carboxylic acids is 1. The molecule has 1 aromatic heterocycles. The Labute approximate surface area is 109 Å². The molecule has 0 bridgehead atoms. The summed E-state index contributed by atoms with van der Waals surface area (Å²) >= 11 is 0. The van der Waals surface area contributed by atoms with E-state index in [0.29, 0.717) is 18.2 Å². The summed E-state index contributed by atoms with van der Waals surface area (Å²) in [5.41, 5.74) is 0.750. The van der Waals surface area contributed by atoms with E-state index in [-0.39, 0.29) is 13.0 Å². The van der Waals surface area contributed by atoms with Crippen molar-refractivity contribution in [2.45, 2.75) is 19.9 Å². The molecule has 19 heavy (non-hydrogen) atoms. The Morgan fingerprint density at radius 2 is 2.21 bits per heavy atom. The first-order chi connectivity index (χ1) is 9.22. The van der Waals surface area contributed by atoms with Gasteiger partial charge in [0.1, 0.15) is 5.75 Å². The molecule has 7 nitrogen and oxygen atoms in total. The Balaban J connectivity index is 2.31. The number of nitrogens with zero attached hydrogens (tertiary/aromatic N) is 4. The maximum absolute atomic E-state index is 10.6. The molecule has 0 atom stereocenters. The fourth-order valence-corrected chi connectivity index (χ4v) is 1.68. The SMILES string of the molecule is CCOc1ccccc1-c1nnnn1CCC(=O)O. The third-order valence-electron chi connectivity index (χ3n) is 2.50. The minimum absolute atomic E-state index is 0.0329. The number of carbonyl (C=O) groups is 1. The average molecular weight is 262 g/mol. The second-order valence-electron chi connectivity index (χ2n) is 3.80. The minimum Gasteiger partial charge on any atom is -0.493 e. The van der Waals surface area contributed by atoms with Crippen LogP contribution >= 0.6 is 0 Å². The van der Waals surface area contributed by atoms with Crippen molar-refractivity contribution in [3.05, 3.63) is 24.3 Å². The summed E-state index contributed by atoms with van der Waals surface area (Å²) in [4.78, 5) is 10.6. The lowest BCUT2D eigenvalue weighted by atomic mass is 10.2. The van der Waals surface area contributed by atoms with Crippen LogP contribution in [-0.2, 0) is 11.3 Å². The molecule has 0 aliphatic rings. The van der Waals surface area contributed by atoms with Gasteiger partial charge in [0.2, 0.25) is 0 Å². The van der Waals surface area contributed by atoms with Crippen LogP contribution in [0.1, 0.15) is 13.3 Å². The van der Waals surface area contributed by atoms with Crippen molar-refractivity contribution >= 4 is 5.97 Å². The molecule has 1 heterocycles. The van der Waals surface area contributed by atoms with Crippen LogP contribution in [0.4, 0.5) is 0 Å². The normalized spacial score (nSPS) is 10.4. The number of para-hydroxylation sites is 1. The summed E-state index contributed by atoms with van der Waals surface area (Å²) in [6.45, 7) is 2.65. The van der Waals surface area contributed by atoms with E-state index in [0.717, 1.165) is 5.56 Å². The predicted octanol–water partition coefficient (Wildman–Crippen LogP) is 1.21. The van der Waals surface area contributed by atoms with Crippen LogP contribution in [0.25, 0.3) is 11.4 Å². The highest BCUT2D eigenvalue weighted by molar-refractivity contribution is 5.67.